The Morgan fingerprint density at radius 2 is 1.96 bits per heavy atom. The molecule has 4 rings (SSSR count). The van der Waals surface area contributed by atoms with Crippen molar-refractivity contribution in [3.63, 3.8) is 0 Å². The van der Waals surface area contributed by atoms with E-state index in [-0.39, 0.29) is 6.61 Å². The molecule has 0 unspecified atom stereocenters. The van der Waals surface area contributed by atoms with Crippen molar-refractivity contribution < 1.29 is 17.9 Å². The molecule has 0 aliphatic rings. The van der Waals surface area contributed by atoms with Crippen LogP contribution in [0.15, 0.2) is 66.3 Å². The molecule has 0 aliphatic carbocycles. The molecule has 0 aliphatic heterocycles. The van der Waals surface area contributed by atoms with Crippen molar-refractivity contribution in [3.05, 3.63) is 77.4 Å². The van der Waals surface area contributed by atoms with Crippen LogP contribution in [0, 0.1) is 0 Å². The quantitative estimate of drug-likeness (QED) is 0.461. The molecular weight excluding hydrogens is 361 g/mol. The van der Waals surface area contributed by atoms with Crippen LogP contribution in [0.4, 0.5) is 13.2 Å². The minimum Gasteiger partial charge on any atom is -0.488 e. The summed E-state index contributed by atoms with van der Waals surface area (Å²) in [7, 11) is 0. The largest absolute Gasteiger partial charge is 0.488 e. The number of ether oxygens (including phenoxy) is 1. The second-order valence-electron chi connectivity index (χ2n) is 5.71. The number of halogens is 3. The van der Waals surface area contributed by atoms with E-state index in [1.807, 2.05) is 40.2 Å². The molecule has 0 atom stereocenters. The van der Waals surface area contributed by atoms with Gasteiger partial charge in [-0.25, -0.2) is 4.98 Å². The van der Waals surface area contributed by atoms with Crippen LogP contribution in [0.2, 0.25) is 0 Å². The first kappa shape index (κ1) is 16.7. The highest BCUT2D eigenvalue weighted by atomic mass is 32.1. The molecule has 0 amide bonds. The van der Waals surface area contributed by atoms with Crippen LogP contribution in [0.1, 0.15) is 11.1 Å². The fraction of sp³-hybridized carbons (Fsp3) is 0.105. The zero-order chi connectivity index (χ0) is 18.1. The molecule has 3 aromatic heterocycles. The third kappa shape index (κ3) is 3.30. The first-order chi connectivity index (χ1) is 12.5. The number of thiophene rings is 1. The molecule has 0 saturated heterocycles. The summed E-state index contributed by atoms with van der Waals surface area (Å²) in [5.74, 6) is 0.619. The van der Waals surface area contributed by atoms with Gasteiger partial charge in [0.15, 0.2) is 0 Å². The van der Waals surface area contributed by atoms with Gasteiger partial charge in [0.05, 0.1) is 22.3 Å². The summed E-state index contributed by atoms with van der Waals surface area (Å²) < 4.78 is 46.0. The summed E-state index contributed by atoms with van der Waals surface area (Å²) in [5.41, 5.74) is 1.60. The van der Waals surface area contributed by atoms with Gasteiger partial charge >= 0.3 is 6.18 Å². The van der Waals surface area contributed by atoms with Crippen LogP contribution in [0.3, 0.4) is 0 Å². The maximum absolute atomic E-state index is 12.8. The van der Waals surface area contributed by atoms with Crippen molar-refractivity contribution in [1.29, 1.82) is 0 Å². The van der Waals surface area contributed by atoms with Crippen LogP contribution in [0.5, 0.6) is 5.75 Å². The molecule has 4 aromatic rings. The van der Waals surface area contributed by atoms with Crippen molar-refractivity contribution in [2.75, 3.05) is 0 Å². The lowest BCUT2D eigenvalue weighted by molar-refractivity contribution is -0.137. The molecule has 3 heterocycles. The predicted molar refractivity (Wildman–Crippen MR) is 94.3 cm³/mol. The Hall–Kier alpha value is -2.80. The van der Waals surface area contributed by atoms with Gasteiger partial charge in [-0.15, -0.1) is 11.3 Å². The van der Waals surface area contributed by atoms with Gasteiger partial charge in [-0.1, -0.05) is 18.2 Å². The second kappa shape index (κ2) is 6.49. The van der Waals surface area contributed by atoms with Crippen LogP contribution in [-0.2, 0) is 12.8 Å². The van der Waals surface area contributed by atoms with E-state index in [0.717, 1.165) is 28.4 Å². The fourth-order valence-electron chi connectivity index (χ4n) is 2.65. The van der Waals surface area contributed by atoms with Gasteiger partial charge in [0.25, 0.3) is 0 Å². The van der Waals surface area contributed by atoms with Gasteiger partial charge in [-0.05, 0) is 29.8 Å². The summed E-state index contributed by atoms with van der Waals surface area (Å²) in [5, 5.41) is 1.84. The van der Waals surface area contributed by atoms with Gasteiger partial charge in [0.1, 0.15) is 18.0 Å². The number of rotatable bonds is 4. The number of hydrogen-bond donors (Lipinski definition) is 0. The maximum Gasteiger partial charge on any atom is 0.416 e. The van der Waals surface area contributed by atoms with Crippen molar-refractivity contribution in [3.8, 4) is 16.3 Å². The van der Waals surface area contributed by atoms with E-state index in [9.17, 15) is 13.2 Å². The van der Waals surface area contributed by atoms with Crippen molar-refractivity contribution in [1.82, 2.24) is 9.38 Å². The molecule has 0 spiro atoms. The first-order valence-electron chi connectivity index (χ1n) is 7.81. The third-order valence-electron chi connectivity index (χ3n) is 3.90. The molecule has 0 fully saturated rings. The lowest BCUT2D eigenvalue weighted by Gasteiger charge is -2.09. The van der Waals surface area contributed by atoms with Crippen LogP contribution in [-0.4, -0.2) is 9.38 Å². The highest BCUT2D eigenvalue weighted by Gasteiger charge is 2.30. The van der Waals surface area contributed by atoms with E-state index in [2.05, 4.69) is 4.98 Å². The Bertz CT molecular complexity index is 1050. The molecule has 132 valence electrons. The molecule has 3 nitrogen and oxygen atoms in total. The standard InChI is InChI=1S/C19H13F3N2OS/c20-19(21,22)14-5-3-4-13(8-14)11-25-15-9-17(26-12-15)16-10-23-18-6-1-2-7-24(16)18/h1-10,12H,11H2. The molecule has 1 aromatic carbocycles. The third-order valence-corrected chi connectivity index (χ3v) is 4.84. The topological polar surface area (TPSA) is 26.5 Å². The average molecular weight is 374 g/mol. The maximum atomic E-state index is 12.8. The molecule has 0 radical (unpaired) electrons. The minimum atomic E-state index is -4.35. The smallest absolute Gasteiger partial charge is 0.416 e. The summed E-state index contributed by atoms with van der Waals surface area (Å²) in [6.45, 7) is 0.0766. The van der Waals surface area contributed by atoms with E-state index in [0.29, 0.717) is 11.3 Å². The average Bonchev–Trinajstić information content (AvgIpc) is 3.26. The summed E-state index contributed by atoms with van der Waals surface area (Å²) >= 11 is 1.50. The van der Waals surface area contributed by atoms with Gasteiger partial charge < -0.3 is 4.74 Å². The number of nitrogens with zero attached hydrogens (tertiary/aromatic N) is 2. The fourth-order valence-corrected chi connectivity index (χ4v) is 3.48. The van der Waals surface area contributed by atoms with Crippen molar-refractivity contribution in [2.45, 2.75) is 12.8 Å². The van der Waals surface area contributed by atoms with E-state index in [1.54, 1.807) is 12.3 Å². The zero-order valence-electron chi connectivity index (χ0n) is 13.4. The highest BCUT2D eigenvalue weighted by molar-refractivity contribution is 7.13. The number of fused-ring (bicyclic) bond motifs is 1. The van der Waals surface area contributed by atoms with Gasteiger partial charge in [0.2, 0.25) is 0 Å². The van der Waals surface area contributed by atoms with Gasteiger partial charge in [-0.2, -0.15) is 13.2 Å². The minimum absolute atomic E-state index is 0.0766. The van der Waals surface area contributed by atoms with Crippen LogP contribution in [0.25, 0.3) is 16.2 Å². The molecule has 7 heteroatoms. The number of alkyl halides is 3. The highest BCUT2D eigenvalue weighted by Crippen LogP contribution is 2.33. The number of hydrogen-bond acceptors (Lipinski definition) is 3. The molecule has 0 N–H and O–H groups in total. The van der Waals surface area contributed by atoms with Crippen LogP contribution < -0.4 is 4.74 Å². The van der Waals surface area contributed by atoms with Crippen molar-refractivity contribution >= 4 is 17.0 Å². The summed E-state index contributed by atoms with van der Waals surface area (Å²) in [6, 6.07) is 12.8. The molecule has 0 saturated carbocycles. The Morgan fingerprint density at radius 1 is 1.08 bits per heavy atom. The lowest BCUT2D eigenvalue weighted by atomic mass is 10.1. The molecule has 0 bridgehead atoms. The van der Waals surface area contributed by atoms with Crippen molar-refractivity contribution in [2.24, 2.45) is 0 Å². The van der Waals surface area contributed by atoms with Crippen LogP contribution >= 0.6 is 11.3 Å². The zero-order valence-corrected chi connectivity index (χ0v) is 14.2. The molecule has 26 heavy (non-hydrogen) atoms. The Morgan fingerprint density at radius 3 is 2.81 bits per heavy atom. The second-order valence-corrected chi connectivity index (χ2v) is 6.62. The monoisotopic (exact) mass is 374 g/mol. The Labute approximate surface area is 151 Å². The first-order valence-corrected chi connectivity index (χ1v) is 8.68. The predicted octanol–water partition coefficient (Wildman–Crippen LogP) is 5.66. The van der Waals surface area contributed by atoms with Gasteiger partial charge in [-0.3, -0.25) is 4.40 Å². The van der Waals surface area contributed by atoms with E-state index >= 15 is 0 Å². The lowest BCUT2D eigenvalue weighted by Crippen LogP contribution is -2.06. The summed E-state index contributed by atoms with van der Waals surface area (Å²) in [6.07, 6.45) is -0.632. The number of imidazole rings is 1. The normalized spacial score (nSPS) is 11.8. The summed E-state index contributed by atoms with van der Waals surface area (Å²) in [4.78, 5) is 5.33. The van der Waals surface area contributed by atoms with E-state index < -0.39 is 11.7 Å². The SMILES string of the molecule is FC(F)(F)c1cccc(COc2csc(-c3cnc4ccccn34)c2)c1. The number of aromatic nitrogens is 2. The Balaban J connectivity index is 1.51. The van der Waals surface area contributed by atoms with Gasteiger partial charge in [0, 0.05) is 17.6 Å². The number of pyridine rings is 1. The Kier molecular flexibility index (Phi) is 4.16. The van der Waals surface area contributed by atoms with E-state index in [1.165, 1.54) is 17.4 Å². The number of benzene rings is 1. The molecular formula is C19H13F3N2OS. The van der Waals surface area contributed by atoms with E-state index in [4.69, 9.17) is 4.74 Å².